The summed E-state index contributed by atoms with van der Waals surface area (Å²) in [5.74, 6) is 1.37. The third kappa shape index (κ3) is 2.82. The monoisotopic (exact) mass is 364 g/mol. The first-order valence-electron chi connectivity index (χ1n) is 6.35. The molecule has 0 radical (unpaired) electrons. The summed E-state index contributed by atoms with van der Waals surface area (Å²) < 4.78 is 7.36. The van der Waals surface area contributed by atoms with E-state index in [-0.39, 0.29) is 5.91 Å². The van der Waals surface area contributed by atoms with E-state index in [0.717, 1.165) is 26.1 Å². The fraction of sp³-hybridized carbons (Fsp3) is 0.133. The van der Waals surface area contributed by atoms with Gasteiger partial charge in [-0.05, 0) is 37.3 Å². The molecule has 2 aromatic heterocycles. The predicted molar refractivity (Wildman–Crippen MR) is 88.6 cm³/mol. The zero-order valence-corrected chi connectivity index (χ0v) is 13.7. The van der Waals surface area contributed by atoms with Gasteiger partial charge < -0.3 is 15.5 Å². The van der Waals surface area contributed by atoms with Crippen molar-refractivity contribution >= 4 is 48.9 Å². The van der Waals surface area contributed by atoms with Crippen LogP contribution in [0.15, 0.2) is 39.2 Å². The maximum atomic E-state index is 12.3. The number of nitrogens with two attached hydrogens (primary N) is 1. The zero-order valence-electron chi connectivity index (χ0n) is 11.3. The van der Waals surface area contributed by atoms with E-state index in [1.54, 1.807) is 0 Å². The highest BCUT2D eigenvalue weighted by atomic mass is 79.9. The summed E-state index contributed by atoms with van der Waals surface area (Å²) in [6, 6.07) is 9.53. The van der Waals surface area contributed by atoms with Crippen LogP contribution in [0.5, 0.6) is 0 Å². The number of benzene rings is 1. The average molecular weight is 365 g/mol. The number of nitrogen functional groups attached to an aromatic ring is 1. The third-order valence-electron chi connectivity index (χ3n) is 3.11. The van der Waals surface area contributed by atoms with Gasteiger partial charge in [0.05, 0.1) is 12.2 Å². The largest absolute Gasteiger partial charge is 0.465 e. The number of hydrogen-bond acceptors (Lipinski definition) is 4. The van der Waals surface area contributed by atoms with Crippen LogP contribution in [-0.4, -0.2) is 5.91 Å². The van der Waals surface area contributed by atoms with Gasteiger partial charge in [0.1, 0.15) is 16.4 Å². The van der Waals surface area contributed by atoms with Crippen molar-refractivity contribution in [3.63, 3.8) is 0 Å². The normalized spacial score (nSPS) is 11.0. The molecule has 3 rings (SSSR count). The molecule has 0 saturated carbocycles. The lowest BCUT2D eigenvalue weighted by atomic mass is 10.2. The van der Waals surface area contributed by atoms with Crippen molar-refractivity contribution in [2.75, 3.05) is 5.73 Å². The Labute approximate surface area is 134 Å². The lowest BCUT2D eigenvalue weighted by molar-refractivity contribution is 0.0953. The number of furan rings is 1. The van der Waals surface area contributed by atoms with Crippen LogP contribution in [0, 0.1) is 6.92 Å². The summed E-state index contributed by atoms with van der Waals surface area (Å²) in [5.41, 5.74) is 6.61. The number of aryl methyl sites for hydroxylation is 1. The molecule has 0 saturated heterocycles. The van der Waals surface area contributed by atoms with Crippen LogP contribution >= 0.6 is 27.3 Å². The van der Waals surface area contributed by atoms with Gasteiger partial charge in [0.15, 0.2) is 0 Å². The first-order chi connectivity index (χ1) is 10.0. The number of carbonyl (C=O) groups is 1. The van der Waals surface area contributed by atoms with E-state index in [1.165, 1.54) is 11.3 Å². The molecule has 0 aliphatic rings. The van der Waals surface area contributed by atoms with E-state index in [1.807, 2.05) is 37.3 Å². The Morgan fingerprint density at radius 3 is 2.90 bits per heavy atom. The molecule has 0 unspecified atom stereocenters. The summed E-state index contributed by atoms with van der Waals surface area (Å²) in [6.45, 7) is 2.22. The first-order valence-corrected chi connectivity index (χ1v) is 7.96. The molecule has 0 spiro atoms. The summed E-state index contributed by atoms with van der Waals surface area (Å²) in [7, 11) is 0. The van der Waals surface area contributed by atoms with Crippen LogP contribution in [0.1, 0.15) is 21.2 Å². The van der Waals surface area contributed by atoms with Crippen molar-refractivity contribution in [1.82, 2.24) is 5.32 Å². The van der Waals surface area contributed by atoms with Gasteiger partial charge >= 0.3 is 0 Å². The predicted octanol–water partition coefficient (Wildman–Crippen LogP) is 4.08. The minimum absolute atomic E-state index is 0.182. The molecule has 0 bridgehead atoms. The molecular formula is C15H13BrN2O2S. The van der Waals surface area contributed by atoms with Gasteiger partial charge in [-0.25, -0.2) is 0 Å². The standard InChI is InChI=1S/C15H13BrN2O2S/c1-8-2-4-10(20-8)7-18-15(19)14-13(17)11-6-9(16)3-5-12(11)21-14/h2-6H,7,17H2,1H3,(H,18,19). The van der Waals surface area contributed by atoms with Crippen LogP contribution in [0.25, 0.3) is 10.1 Å². The lowest BCUT2D eigenvalue weighted by Crippen LogP contribution is -2.22. The van der Waals surface area contributed by atoms with Crippen molar-refractivity contribution < 1.29 is 9.21 Å². The van der Waals surface area contributed by atoms with Crippen LogP contribution in [-0.2, 0) is 6.54 Å². The van der Waals surface area contributed by atoms with Crippen molar-refractivity contribution in [2.24, 2.45) is 0 Å². The van der Waals surface area contributed by atoms with E-state index in [2.05, 4.69) is 21.2 Å². The van der Waals surface area contributed by atoms with Crippen molar-refractivity contribution in [3.05, 3.63) is 51.2 Å². The molecule has 0 aliphatic heterocycles. The van der Waals surface area contributed by atoms with Gasteiger partial charge in [-0.3, -0.25) is 4.79 Å². The molecule has 6 heteroatoms. The third-order valence-corrected chi connectivity index (χ3v) is 4.79. The van der Waals surface area contributed by atoms with E-state index in [9.17, 15) is 4.79 Å². The first kappa shape index (κ1) is 14.2. The SMILES string of the molecule is Cc1ccc(CNC(=O)c2sc3ccc(Br)cc3c2N)o1. The Bertz CT molecular complexity index is 822. The molecule has 108 valence electrons. The lowest BCUT2D eigenvalue weighted by Gasteiger charge is -2.02. The van der Waals surface area contributed by atoms with Gasteiger partial charge in [-0.1, -0.05) is 15.9 Å². The molecule has 1 aromatic carbocycles. The smallest absolute Gasteiger partial charge is 0.263 e. The maximum Gasteiger partial charge on any atom is 0.263 e. The minimum atomic E-state index is -0.182. The Kier molecular flexibility index (Phi) is 3.73. The molecular weight excluding hydrogens is 352 g/mol. The number of carbonyl (C=O) groups excluding carboxylic acids is 1. The number of nitrogens with one attached hydrogen (secondary N) is 1. The number of halogens is 1. The van der Waals surface area contributed by atoms with Crippen LogP contribution in [0.2, 0.25) is 0 Å². The number of fused-ring (bicyclic) bond motifs is 1. The topological polar surface area (TPSA) is 68.3 Å². The number of anilines is 1. The molecule has 0 fully saturated rings. The number of amides is 1. The molecule has 0 atom stereocenters. The van der Waals surface area contributed by atoms with Crippen molar-refractivity contribution in [3.8, 4) is 0 Å². The zero-order chi connectivity index (χ0) is 15.0. The minimum Gasteiger partial charge on any atom is -0.465 e. The number of thiophene rings is 1. The second-order valence-corrected chi connectivity index (χ2v) is 6.65. The molecule has 3 N–H and O–H groups in total. The molecule has 4 nitrogen and oxygen atoms in total. The summed E-state index contributed by atoms with van der Waals surface area (Å²) in [4.78, 5) is 12.8. The Balaban J connectivity index is 1.82. The van der Waals surface area contributed by atoms with Gasteiger partial charge in [0.2, 0.25) is 0 Å². The Morgan fingerprint density at radius 1 is 1.38 bits per heavy atom. The maximum absolute atomic E-state index is 12.3. The highest BCUT2D eigenvalue weighted by Gasteiger charge is 2.16. The van der Waals surface area contributed by atoms with Crippen molar-refractivity contribution in [1.29, 1.82) is 0 Å². The fourth-order valence-electron chi connectivity index (χ4n) is 2.09. The number of rotatable bonds is 3. The van der Waals surface area contributed by atoms with E-state index >= 15 is 0 Å². The van der Waals surface area contributed by atoms with Crippen LogP contribution < -0.4 is 11.1 Å². The molecule has 3 aromatic rings. The van der Waals surface area contributed by atoms with Gasteiger partial charge in [-0.2, -0.15) is 0 Å². The number of hydrogen-bond donors (Lipinski definition) is 2. The Hall–Kier alpha value is -1.79. The molecule has 21 heavy (non-hydrogen) atoms. The van der Waals surface area contributed by atoms with Crippen LogP contribution in [0.3, 0.4) is 0 Å². The molecule has 2 heterocycles. The highest BCUT2D eigenvalue weighted by molar-refractivity contribution is 9.10. The average Bonchev–Trinajstić information content (AvgIpc) is 3.01. The van der Waals surface area contributed by atoms with Gasteiger partial charge in [0, 0.05) is 14.6 Å². The summed E-state index contributed by atoms with van der Waals surface area (Å²) >= 11 is 4.81. The second kappa shape index (κ2) is 5.54. The van der Waals surface area contributed by atoms with Crippen molar-refractivity contribution in [2.45, 2.75) is 13.5 Å². The molecule has 0 aliphatic carbocycles. The highest BCUT2D eigenvalue weighted by Crippen LogP contribution is 2.35. The van der Waals surface area contributed by atoms with Gasteiger partial charge in [-0.15, -0.1) is 11.3 Å². The van der Waals surface area contributed by atoms with Crippen LogP contribution in [0.4, 0.5) is 5.69 Å². The Morgan fingerprint density at radius 2 is 2.19 bits per heavy atom. The van der Waals surface area contributed by atoms with E-state index in [0.29, 0.717) is 17.1 Å². The fourth-order valence-corrected chi connectivity index (χ4v) is 3.47. The van der Waals surface area contributed by atoms with E-state index < -0.39 is 0 Å². The summed E-state index contributed by atoms with van der Waals surface area (Å²) in [6.07, 6.45) is 0. The summed E-state index contributed by atoms with van der Waals surface area (Å²) in [5, 5.41) is 3.73. The van der Waals surface area contributed by atoms with E-state index in [4.69, 9.17) is 10.2 Å². The molecule has 1 amide bonds. The van der Waals surface area contributed by atoms with Gasteiger partial charge in [0.25, 0.3) is 5.91 Å². The second-order valence-electron chi connectivity index (χ2n) is 4.68. The quantitative estimate of drug-likeness (QED) is 0.735.